The molecule has 0 fully saturated rings. The molecule has 0 aliphatic heterocycles. The Morgan fingerprint density at radius 1 is 1.42 bits per heavy atom. The summed E-state index contributed by atoms with van der Waals surface area (Å²) >= 11 is 1.59. The Morgan fingerprint density at radius 2 is 2.26 bits per heavy atom. The summed E-state index contributed by atoms with van der Waals surface area (Å²) in [4.78, 5) is 23.2. The van der Waals surface area contributed by atoms with E-state index in [2.05, 4.69) is 27.2 Å². The molecule has 2 heterocycles. The van der Waals surface area contributed by atoms with Gasteiger partial charge in [-0.05, 0) is 19.9 Å². The van der Waals surface area contributed by atoms with Gasteiger partial charge in [-0.25, -0.2) is 9.97 Å². The van der Waals surface area contributed by atoms with Crippen LogP contribution in [0.5, 0.6) is 0 Å². The van der Waals surface area contributed by atoms with Crippen LogP contribution in [-0.2, 0) is 13.0 Å². The van der Waals surface area contributed by atoms with Crippen molar-refractivity contribution in [3.8, 4) is 0 Å². The third kappa shape index (κ3) is 4.25. The zero-order valence-corrected chi connectivity index (χ0v) is 12.0. The second kappa shape index (κ2) is 6.58. The van der Waals surface area contributed by atoms with Crippen molar-refractivity contribution in [1.82, 2.24) is 20.3 Å². The summed E-state index contributed by atoms with van der Waals surface area (Å²) in [5.74, 6) is 0.676. The Hall–Kier alpha value is -1.53. The van der Waals surface area contributed by atoms with Gasteiger partial charge in [0, 0.05) is 23.7 Å². The van der Waals surface area contributed by atoms with Gasteiger partial charge < -0.3 is 10.3 Å². The molecule has 0 aliphatic rings. The van der Waals surface area contributed by atoms with Gasteiger partial charge in [0.1, 0.15) is 10.8 Å². The molecule has 0 amide bonds. The third-order valence-electron chi connectivity index (χ3n) is 2.56. The van der Waals surface area contributed by atoms with Crippen molar-refractivity contribution in [3.05, 3.63) is 44.0 Å². The van der Waals surface area contributed by atoms with E-state index in [-0.39, 0.29) is 5.56 Å². The van der Waals surface area contributed by atoms with E-state index >= 15 is 0 Å². The molecule has 2 rings (SSSR count). The van der Waals surface area contributed by atoms with Gasteiger partial charge in [-0.3, -0.25) is 4.79 Å². The van der Waals surface area contributed by atoms with Gasteiger partial charge in [0.15, 0.2) is 0 Å². The minimum absolute atomic E-state index is 0.105. The first-order chi connectivity index (χ1) is 9.17. The summed E-state index contributed by atoms with van der Waals surface area (Å²) in [6.45, 7) is 5.62. The molecule has 0 saturated carbocycles. The van der Waals surface area contributed by atoms with Crippen LogP contribution in [0.15, 0.2) is 16.2 Å². The Kier molecular flexibility index (Phi) is 4.81. The highest BCUT2D eigenvalue weighted by Crippen LogP contribution is 2.11. The summed E-state index contributed by atoms with van der Waals surface area (Å²) in [5.41, 5.74) is 1.68. The smallest absolute Gasteiger partial charge is 0.251 e. The third-order valence-corrected chi connectivity index (χ3v) is 3.53. The molecule has 2 aromatic rings. The second-order valence-corrected chi connectivity index (χ2v) is 5.36. The zero-order valence-electron chi connectivity index (χ0n) is 11.2. The van der Waals surface area contributed by atoms with Gasteiger partial charge in [-0.1, -0.05) is 6.92 Å². The molecule has 2 aromatic heterocycles. The van der Waals surface area contributed by atoms with Crippen molar-refractivity contribution >= 4 is 11.3 Å². The van der Waals surface area contributed by atoms with Crippen LogP contribution < -0.4 is 10.9 Å². The van der Waals surface area contributed by atoms with Crippen molar-refractivity contribution < 1.29 is 0 Å². The van der Waals surface area contributed by atoms with E-state index in [1.807, 2.05) is 12.3 Å². The summed E-state index contributed by atoms with van der Waals surface area (Å²) in [7, 11) is 0. The van der Waals surface area contributed by atoms with Crippen molar-refractivity contribution in [2.24, 2.45) is 0 Å². The van der Waals surface area contributed by atoms with Gasteiger partial charge in [0.05, 0.1) is 12.1 Å². The molecule has 19 heavy (non-hydrogen) atoms. The largest absolute Gasteiger partial charge is 0.311 e. The van der Waals surface area contributed by atoms with Crippen molar-refractivity contribution in [2.75, 3.05) is 6.54 Å². The molecule has 0 atom stereocenters. The highest BCUT2D eigenvalue weighted by Gasteiger charge is 2.05. The molecule has 6 heteroatoms. The van der Waals surface area contributed by atoms with E-state index in [1.54, 1.807) is 17.4 Å². The van der Waals surface area contributed by atoms with Crippen LogP contribution in [0.3, 0.4) is 0 Å². The van der Waals surface area contributed by atoms with Crippen molar-refractivity contribution in [1.29, 1.82) is 0 Å². The lowest BCUT2D eigenvalue weighted by atomic mass is 10.3. The Balaban J connectivity index is 2.10. The zero-order chi connectivity index (χ0) is 13.7. The molecular weight excluding hydrogens is 260 g/mol. The Morgan fingerprint density at radius 3 is 2.95 bits per heavy atom. The lowest BCUT2D eigenvalue weighted by molar-refractivity contribution is 0.658. The Labute approximate surface area is 116 Å². The van der Waals surface area contributed by atoms with E-state index in [1.165, 1.54) is 0 Å². The number of hydrogen-bond acceptors (Lipinski definition) is 5. The van der Waals surface area contributed by atoms with E-state index < -0.39 is 0 Å². The minimum Gasteiger partial charge on any atom is -0.311 e. The standard InChI is InChI=1S/C13H18N4OS/c1-3-4-14-7-10-5-12(18)17-11(16-10)6-13-15-9(2)8-19-13/h5,8,14H,3-4,6-7H2,1-2H3,(H,16,17,18). The number of aromatic nitrogens is 3. The van der Waals surface area contributed by atoms with Gasteiger partial charge >= 0.3 is 0 Å². The number of rotatable bonds is 6. The van der Waals surface area contributed by atoms with Crippen LogP contribution in [0.4, 0.5) is 0 Å². The first-order valence-corrected chi connectivity index (χ1v) is 7.26. The van der Waals surface area contributed by atoms with Crippen LogP contribution in [-0.4, -0.2) is 21.5 Å². The number of thiazole rings is 1. The maximum atomic E-state index is 11.6. The minimum atomic E-state index is -0.105. The fourth-order valence-corrected chi connectivity index (χ4v) is 2.53. The number of aryl methyl sites for hydroxylation is 1. The quantitative estimate of drug-likeness (QED) is 0.788. The first kappa shape index (κ1) is 13.9. The average Bonchev–Trinajstić information content (AvgIpc) is 2.74. The number of nitrogens with one attached hydrogen (secondary N) is 2. The second-order valence-electron chi connectivity index (χ2n) is 4.42. The lowest BCUT2D eigenvalue weighted by Gasteiger charge is -2.04. The SMILES string of the molecule is CCCNCc1cc(=O)[nH]c(Cc2nc(C)cs2)n1. The molecule has 0 bridgehead atoms. The number of H-pyrrole nitrogens is 1. The van der Waals surface area contributed by atoms with Crippen molar-refractivity contribution in [2.45, 2.75) is 33.2 Å². The maximum absolute atomic E-state index is 11.6. The van der Waals surface area contributed by atoms with Gasteiger partial charge in [-0.2, -0.15) is 0 Å². The van der Waals surface area contributed by atoms with Crippen LogP contribution in [0.1, 0.15) is 35.6 Å². The monoisotopic (exact) mass is 278 g/mol. The maximum Gasteiger partial charge on any atom is 0.251 e. The fraction of sp³-hybridized carbons (Fsp3) is 0.462. The van der Waals surface area contributed by atoms with Gasteiger partial charge in [0.25, 0.3) is 5.56 Å². The van der Waals surface area contributed by atoms with E-state index in [0.29, 0.717) is 18.8 Å². The molecule has 0 saturated heterocycles. The molecular formula is C13H18N4OS. The van der Waals surface area contributed by atoms with E-state index in [9.17, 15) is 4.79 Å². The van der Waals surface area contributed by atoms with Crippen LogP contribution in [0.2, 0.25) is 0 Å². The fourth-order valence-electron chi connectivity index (χ4n) is 1.76. The van der Waals surface area contributed by atoms with Gasteiger partial charge in [0.2, 0.25) is 0 Å². The molecule has 0 aliphatic carbocycles. The lowest BCUT2D eigenvalue weighted by Crippen LogP contribution is -2.19. The topological polar surface area (TPSA) is 70.7 Å². The summed E-state index contributed by atoms with van der Waals surface area (Å²) < 4.78 is 0. The van der Waals surface area contributed by atoms with Crippen molar-refractivity contribution in [3.63, 3.8) is 0 Å². The number of hydrogen-bond donors (Lipinski definition) is 2. The molecule has 2 N–H and O–H groups in total. The number of aromatic amines is 1. The molecule has 0 spiro atoms. The average molecular weight is 278 g/mol. The highest BCUT2D eigenvalue weighted by molar-refractivity contribution is 7.09. The number of nitrogens with zero attached hydrogens (tertiary/aromatic N) is 2. The predicted octanol–water partition coefficient (Wildman–Crippen LogP) is 1.63. The molecule has 0 unspecified atom stereocenters. The van der Waals surface area contributed by atoms with E-state index in [0.717, 1.165) is 29.4 Å². The van der Waals surface area contributed by atoms with E-state index in [4.69, 9.17) is 0 Å². The molecule has 0 aromatic carbocycles. The summed E-state index contributed by atoms with van der Waals surface area (Å²) in [6, 6.07) is 1.54. The van der Waals surface area contributed by atoms with Crippen LogP contribution >= 0.6 is 11.3 Å². The van der Waals surface area contributed by atoms with Crippen LogP contribution in [0, 0.1) is 6.92 Å². The molecule has 5 nitrogen and oxygen atoms in total. The summed E-state index contributed by atoms with van der Waals surface area (Å²) in [5, 5.41) is 6.22. The normalized spacial score (nSPS) is 10.8. The molecule has 0 radical (unpaired) electrons. The summed E-state index contributed by atoms with van der Waals surface area (Å²) in [6.07, 6.45) is 1.64. The highest BCUT2D eigenvalue weighted by atomic mass is 32.1. The molecule has 102 valence electrons. The predicted molar refractivity (Wildman–Crippen MR) is 76.5 cm³/mol. The van der Waals surface area contributed by atoms with Gasteiger partial charge in [-0.15, -0.1) is 11.3 Å². The first-order valence-electron chi connectivity index (χ1n) is 6.38. The Bertz CT molecular complexity index is 590. The van der Waals surface area contributed by atoms with Crippen LogP contribution in [0.25, 0.3) is 0 Å².